The molecule has 1 saturated heterocycles. The number of nitrogens with zero attached hydrogens (tertiary/aromatic N) is 5. The quantitative estimate of drug-likeness (QED) is 0.863. The van der Waals surface area contributed by atoms with Crippen molar-refractivity contribution in [2.24, 2.45) is 7.05 Å². The van der Waals surface area contributed by atoms with Crippen molar-refractivity contribution in [3.63, 3.8) is 0 Å². The smallest absolute Gasteiger partial charge is 0.223 e. The van der Waals surface area contributed by atoms with Crippen molar-refractivity contribution in [3.05, 3.63) is 29.2 Å². The first-order chi connectivity index (χ1) is 11.1. The fraction of sp³-hybridized carbons (Fsp3) is 0.625. The molecule has 0 spiro atoms. The predicted molar refractivity (Wildman–Crippen MR) is 83.6 cm³/mol. The number of amides is 1. The molecule has 124 valence electrons. The Morgan fingerprint density at radius 3 is 2.87 bits per heavy atom. The van der Waals surface area contributed by atoms with Gasteiger partial charge in [0.1, 0.15) is 12.1 Å². The fourth-order valence-corrected chi connectivity index (χ4v) is 3.33. The molecule has 0 N–H and O–H groups in total. The molecule has 2 aromatic heterocycles. The standard InChI is InChI=1S/C16H23N5O2/c1-11-13(12(2)23-19-11)7-8-15(22)21-9-5-4-6-14(21)16-18-17-10-20(16)3/h10,14H,4-9H2,1-3H3/t14-/m0/s1. The van der Waals surface area contributed by atoms with Crippen molar-refractivity contribution in [1.29, 1.82) is 0 Å². The van der Waals surface area contributed by atoms with Crippen molar-refractivity contribution >= 4 is 5.91 Å². The van der Waals surface area contributed by atoms with Crippen LogP contribution < -0.4 is 0 Å². The summed E-state index contributed by atoms with van der Waals surface area (Å²) in [5.74, 6) is 1.84. The Labute approximate surface area is 135 Å². The van der Waals surface area contributed by atoms with Gasteiger partial charge in [-0.25, -0.2) is 0 Å². The molecule has 1 amide bonds. The molecule has 7 heteroatoms. The number of aromatic nitrogens is 4. The molecular formula is C16H23N5O2. The van der Waals surface area contributed by atoms with Gasteiger partial charge in [-0.15, -0.1) is 10.2 Å². The second kappa shape index (κ2) is 6.52. The van der Waals surface area contributed by atoms with E-state index in [9.17, 15) is 4.79 Å². The highest BCUT2D eigenvalue weighted by Gasteiger charge is 2.30. The number of rotatable bonds is 4. The van der Waals surface area contributed by atoms with Crippen LogP contribution in [0.5, 0.6) is 0 Å². The highest BCUT2D eigenvalue weighted by Crippen LogP contribution is 2.30. The third kappa shape index (κ3) is 3.13. The van der Waals surface area contributed by atoms with E-state index in [2.05, 4.69) is 15.4 Å². The van der Waals surface area contributed by atoms with E-state index in [4.69, 9.17) is 4.52 Å². The molecule has 0 radical (unpaired) electrons. The molecule has 7 nitrogen and oxygen atoms in total. The first-order valence-corrected chi connectivity index (χ1v) is 8.13. The number of hydrogen-bond acceptors (Lipinski definition) is 5. The van der Waals surface area contributed by atoms with Gasteiger partial charge in [-0.05, 0) is 39.5 Å². The van der Waals surface area contributed by atoms with Crippen LogP contribution in [-0.2, 0) is 18.3 Å². The number of carbonyl (C=O) groups is 1. The van der Waals surface area contributed by atoms with E-state index in [0.29, 0.717) is 12.8 Å². The first kappa shape index (κ1) is 15.7. The average Bonchev–Trinajstić information content (AvgIpc) is 3.11. The van der Waals surface area contributed by atoms with Crippen LogP contribution in [0.15, 0.2) is 10.9 Å². The van der Waals surface area contributed by atoms with Gasteiger partial charge in [-0.3, -0.25) is 4.79 Å². The average molecular weight is 317 g/mol. The van der Waals surface area contributed by atoms with Gasteiger partial charge in [0.05, 0.1) is 11.7 Å². The Balaban J connectivity index is 1.71. The van der Waals surface area contributed by atoms with Crippen LogP contribution in [0.4, 0.5) is 0 Å². The maximum absolute atomic E-state index is 12.8. The van der Waals surface area contributed by atoms with Crippen LogP contribution in [0, 0.1) is 13.8 Å². The van der Waals surface area contributed by atoms with Gasteiger partial charge in [0.2, 0.25) is 5.91 Å². The third-order valence-corrected chi connectivity index (χ3v) is 4.64. The Kier molecular flexibility index (Phi) is 4.45. The molecule has 23 heavy (non-hydrogen) atoms. The highest BCUT2D eigenvalue weighted by atomic mass is 16.5. The number of piperidine rings is 1. The lowest BCUT2D eigenvalue weighted by molar-refractivity contribution is -0.135. The molecule has 3 heterocycles. The van der Waals surface area contributed by atoms with Gasteiger partial charge in [0.25, 0.3) is 0 Å². The van der Waals surface area contributed by atoms with Crippen LogP contribution in [0.25, 0.3) is 0 Å². The Hall–Kier alpha value is -2.18. The lowest BCUT2D eigenvalue weighted by Gasteiger charge is -2.35. The molecule has 1 atom stereocenters. The maximum atomic E-state index is 12.8. The van der Waals surface area contributed by atoms with Gasteiger partial charge < -0.3 is 14.0 Å². The third-order valence-electron chi connectivity index (χ3n) is 4.64. The van der Waals surface area contributed by atoms with Gasteiger partial charge in [0.15, 0.2) is 5.82 Å². The molecule has 1 aliphatic heterocycles. The van der Waals surface area contributed by atoms with Gasteiger partial charge in [-0.1, -0.05) is 5.16 Å². The second-order valence-corrected chi connectivity index (χ2v) is 6.20. The van der Waals surface area contributed by atoms with Crippen molar-refractivity contribution in [2.75, 3.05) is 6.54 Å². The SMILES string of the molecule is Cc1noc(C)c1CCC(=O)N1CCCC[C@H]1c1nncn1C. The van der Waals surface area contributed by atoms with Crippen molar-refractivity contribution in [1.82, 2.24) is 24.8 Å². The van der Waals surface area contributed by atoms with E-state index in [1.807, 2.05) is 30.4 Å². The Bertz CT molecular complexity index is 671. The van der Waals surface area contributed by atoms with Crippen LogP contribution in [0.2, 0.25) is 0 Å². The monoisotopic (exact) mass is 317 g/mol. The van der Waals surface area contributed by atoms with E-state index in [0.717, 1.165) is 48.6 Å². The molecule has 0 aliphatic carbocycles. The normalized spacial score (nSPS) is 18.4. The molecule has 1 aliphatic rings. The highest BCUT2D eigenvalue weighted by molar-refractivity contribution is 5.77. The second-order valence-electron chi connectivity index (χ2n) is 6.20. The summed E-state index contributed by atoms with van der Waals surface area (Å²) in [6, 6.07) is 0.0356. The molecule has 1 fully saturated rings. The summed E-state index contributed by atoms with van der Waals surface area (Å²) in [6.07, 6.45) is 5.94. The Morgan fingerprint density at radius 1 is 1.39 bits per heavy atom. The van der Waals surface area contributed by atoms with E-state index >= 15 is 0 Å². The van der Waals surface area contributed by atoms with Crippen LogP contribution >= 0.6 is 0 Å². The zero-order chi connectivity index (χ0) is 16.4. The van der Waals surface area contributed by atoms with Crippen molar-refractivity contribution in [2.45, 2.75) is 52.0 Å². The molecule has 0 bridgehead atoms. The minimum atomic E-state index is 0.0356. The van der Waals surface area contributed by atoms with E-state index in [1.54, 1.807) is 6.33 Å². The largest absolute Gasteiger partial charge is 0.361 e. The topological polar surface area (TPSA) is 77.1 Å². The maximum Gasteiger partial charge on any atom is 0.223 e. The van der Waals surface area contributed by atoms with Gasteiger partial charge in [-0.2, -0.15) is 0 Å². The molecular weight excluding hydrogens is 294 g/mol. The summed E-state index contributed by atoms with van der Waals surface area (Å²) in [5.41, 5.74) is 1.92. The summed E-state index contributed by atoms with van der Waals surface area (Å²) >= 11 is 0. The van der Waals surface area contributed by atoms with Crippen LogP contribution in [-0.4, -0.2) is 37.3 Å². The summed E-state index contributed by atoms with van der Waals surface area (Å²) in [7, 11) is 1.93. The van der Waals surface area contributed by atoms with E-state index < -0.39 is 0 Å². The lowest BCUT2D eigenvalue weighted by atomic mass is 10.00. The molecule has 0 unspecified atom stereocenters. The summed E-state index contributed by atoms with van der Waals surface area (Å²) < 4.78 is 7.08. The van der Waals surface area contributed by atoms with Crippen molar-refractivity contribution < 1.29 is 9.32 Å². The summed E-state index contributed by atoms with van der Waals surface area (Å²) in [6.45, 7) is 4.60. The van der Waals surface area contributed by atoms with E-state index in [1.165, 1.54) is 0 Å². The molecule has 0 saturated carbocycles. The minimum Gasteiger partial charge on any atom is -0.361 e. The fourth-order valence-electron chi connectivity index (χ4n) is 3.33. The zero-order valence-electron chi connectivity index (χ0n) is 13.9. The minimum absolute atomic E-state index is 0.0356. The molecule has 2 aromatic rings. The van der Waals surface area contributed by atoms with Crippen molar-refractivity contribution in [3.8, 4) is 0 Å². The first-order valence-electron chi connectivity index (χ1n) is 8.13. The number of hydrogen-bond donors (Lipinski definition) is 0. The predicted octanol–water partition coefficient (Wildman–Crippen LogP) is 2.11. The van der Waals surface area contributed by atoms with Gasteiger partial charge in [0, 0.05) is 25.6 Å². The molecule has 0 aromatic carbocycles. The summed E-state index contributed by atoms with van der Waals surface area (Å²) in [5, 5.41) is 12.1. The Morgan fingerprint density at radius 2 is 2.22 bits per heavy atom. The van der Waals surface area contributed by atoms with Crippen LogP contribution in [0.3, 0.4) is 0 Å². The number of carbonyl (C=O) groups excluding carboxylic acids is 1. The lowest BCUT2D eigenvalue weighted by Crippen LogP contribution is -2.39. The summed E-state index contributed by atoms with van der Waals surface area (Å²) in [4.78, 5) is 14.7. The van der Waals surface area contributed by atoms with Crippen LogP contribution in [0.1, 0.15) is 54.6 Å². The number of aryl methyl sites for hydroxylation is 3. The van der Waals surface area contributed by atoms with E-state index in [-0.39, 0.29) is 11.9 Å². The number of likely N-dealkylation sites (tertiary alicyclic amines) is 1. The zero-order valence-corrected chi connectivity index (χ0v) is 13.9. The molecule has 3 rings (SSSR count). The van der Waals surface area contributed by atoms with Gasteiger partial charge >= 0.3 is 0 Å².